The molecular weight excluding hydrogens is 280 g/mol. The Morgan fingerprint density at radius 1 is 1.17 bits per heavy atom. The minimum absolute atomic E-state index is 0.512. The third kappa shape index (κ3) is 3.28. The average Bonchev–Trinajstić information content (AvgIpc) is 2.06. The maximum absolute atomic E-state index is 3.63. The predicted octanol–water partition coefficient (Wildman–Crippen LogP) is 3.78. The van der Waals surface area contributed by atoms with E-state index in [0.717, 1.165) is 6.42 Å². The lowest BCUT2D eigenvalue weighted by Gasteiger charge is -2.11. The zero-order chi connectivity index (χ0) is 8.97. The van der Waals surface area contributed by atoms with Gasteiger partial charge in [0.2, 0.25) is 0 Å². The summed E-state index contributed by atoms with van der Waals surface area (Å²) in [6, 6.07) is 10.5. The summed E-state index contributed by atoms with van der Waals surface area (Å²) in [5.41, 5.74) is 1.38. The van der Waals surface area contributed by atoms with Crippen LogP contribution in [0.3, 0.4) is 0 Å². The molecular formula is C10H12Br2. The number of hydrogen-bond donors (Lipinski definition) is 0. The van der Waals surface area contributed by atoms with Gasteiger partial charge in [-0.05, 0) is 12.0 Å². The van der Waals surface area contributed by atoms with Crippen LogP contribution in [0.1, 0.15) is 12.5 Å². The third-order valence-electron chi connectivity index (χ3n) is 1.77. The van der Waals surface area contributed by atoms with Crippen LogP contribution in [0.5, 0.6) is 0 Å². The van der Waals surface area contributed by atoms with Crippen LogP contribution in [0.15, 0.2) is 30.3 Å². The van der Waals surface area contributed by atoms with Crippen molar-refractivity contribution in [2.45, 2.75) is 23.0 Å². The van der Waals surface area contributed by atoms with E-state index in [9.17, 15) is 0 Å². The predicted molar refractivity (Wildman–Crippen MR) is 61.3 cm³/mol. The first-order valence-electron chi connectivity index (χ1n) is 4.02. The minimum atomic E-state index is 0.512. The summed E-state index contributed by atoms with van der Waals surface area (Å²) in [6.45, 7) is 2.16. The molecule has 0 aliphatic rings. The Kier molecular flexibility index (Phi) is 4.30. The smallest absolute Gasteiger partial charge is 0.0308 e. The van der Waals surface area contributed by atoms with E-state index in [0.29, 0.717) is 9.65 Å². The third-order valence-corrected chi connectivity index (χ3v) is 4.24. The lowest BCUT2D eigenvalue weighted by Crippen LogP contribution is -2.12. The molecule has 0 nitrogen and oxygen atoms in total. The zero-order valence-corrected chi connectivity index (χ0v) is 10.2. The zero-order valence-electron chi connectivity index (χ0n) is 7.00. The van der Waals surface area contributed by atoms with Crippen LogP contribution in [-0.2, 0) is 6.42 Å². The van der Waals surface area contributed by atoms with Crippen molar-refractivity contribution in [3.05, 3.63) is 35.9 Å². The Hall–Kier alpha value is 0.180. The van der Waals surface area contributed by atoms with Crippen LogP contribution in [0.25, 0.3) is 0 Å². The molecule has 0 aliphatic heterocycles. The second-order valence-corrected chi connectivity index (χ2v) is 5.50. The lowest BCUT2D eigenvalue weighted by molar-refractivity contribution is 0.857. The van der Waals surface area contributed by atoms with Crippen molar-refractivity contribution in [3.63, 3.8) is 0 Å². The quantitative estimate of drug-likeness (QED) is 0.744. The largest absolute Gasteiger partial charge is 0.0881 e. The van der Waals surface area contributed by atoms with Gasteiger partial charge in [-0.3, -0.25) is 0 Å². The van der Waals surface area contributed by atoms with Crippen LogP contribution in [0.4, 0.5) is 0 Å². The van der Waals surface area contributed by atoms with Crippen LogP contribution >= 0.6 is 31.9 Å². The number of alkyl halides is 2. The Balaban J connectivity index is 2.53. The summed E-state index contributed by atoms with van der Waals surface area (Å²) < 4.78 is 0. The molecule has 2 atom stereocenters. The van der Waals surface area contributed by atoms with Gasteiger partial charge in [0, 0.05) is 9.65 Å². The monoisotopic (exact) mass is 290 g/mol. The fourth-order valence-corrected chi connectivity index (χ4v) is 1.56. The molecule has 1 aromatic rings. The normalized spacial score (nSPS) is 15.6. The van der Waals surface area contributed by atoms with E-state index >= 15 is 0 Å². The van der Waals surface area contributed by atoms with Crippen molar-refractivity contribution < 1.29 is 0 Å². The number of hydrogen-bond acceptors (Lipinski definition) is 0. The Bertz CT molecular complexity index is 219. The molecule has 2 heteroatoms. The maximum Gasteiger partial charge on any atom is 0.0308 e. The van der Waals surface area contributed by atoms with Gasteiger partial charge >= 0.3 is 0 Å². The van der Waals surface area contributed by atoms with Crippen LogP contribution in [-0.4, -0.2) is 9.65 Å². The molecule has 0 fully saturated rings. The summed E-state index contributed by atoms with van der Waals surface area (Å²) in [6.07, 6.45) is 1.08. The molecule has 0 aromatic heterocycles. The fourth-order valence-electron chi connectivity index (χ4n) is 1.00. The van der Waals surface area contributed by atoms with E-state index in [2.05, 4.69) is 63.0 Å². The molecule has 0 spiro atoms. The van der Waals surface area contributed by atoms with Crippen LogP contribution in [0, 0.1) is 0 Å². The summed E-state index contributed by atoms with van der Waals surface area (Å²) in [7, 11) is 0. The van der Waals surface area contributed by atoms with Gasteiger partial charge in [-0.1, -0.05) is 69.1 Å². The van der Waals surface area contributed by atoms with Crippen molar-refractivity contribution in [3.8, 4) is 0 Å². The van der Waals surface area contributed by atoms with E-state index < -0.39 is 0 Å². The van der Waals surface area contributed by atoms with Gasteiger partial charge < -0.3 is 0 Å². The highest BCUT2D eigenvalue weighted by Crippen LogP contribution is 2.18. The van der Waals surface area contributed by atoms with E-state index in [1.54, 1.807) is 0 Å². The van der Waals surface area contributed by atoms with Crippen molar-refractivity contribution >= 4 is 31.9 Å². The van der Waals surface area contributed by atoms with Crippen molar-refractivity contribution in [2.75, 3.05) is 0 Å². The molecule has 0 bridgehead atoms. The van der Waals surface area contributed by atoms with E-state index in [-0.39, 0.29) is 0 Å². The summed E-state index contributed by atoms with van der Waals surface area (Å²) in [4.78, 5) is 1.03. The molecule has 0 N–H and O–H groups in total. The van der Waals surface area contributed by atoms with Crippen molar-refractivity contribution in [1.82, 2.24) is 0 Å². The van der Waals surface area contributed by atoms with Gasteiger partial charge in [0.05, 0.1) is 0 Å². The maximum atomic E-state index is 3.63. The molecule has 12 heavy (non-hydrogen) atoms. The molecule has 0 amide bonds. The van der Waals surface area contributed by atoms with Gasteiger partial charge in [-0.15, -0.1) is 0 Å². The highest BCUT2D eigenvalue weighted by atomic mass is 79.9. The van der Waals surface area contributed by atoms with Crippen LogP contribution < -0.4 is 0 Å². The first-order chi connectivity index (χ1) is 5.70. The fraction of sp³-hybridized carbons (Fsp3) is 0.400. The minimum Gasteiger partial charge on any atom is -0.0881 e. The topological polar surface area (TPSA) is 0 Å². The molecule has 0 aliphatic carbocycles. The lowest BCUT2D eigenvalue weighted by atomic mass is 10.1. The summed E-state index contributed by atoms with van der Waals surface area (Å²) >= 11 is 7.18. The first kappa shape index (κ1) is 10.3. The number of halogens is 2. The van der Waals surface area contributed by atoms with Crippen molar-refractivity contribution in [1.29, 1.82) is 0 Å². The van der Waals surface area contributed by atoms with Crippen molar-refractivity contribution in [2.24, 2.45) is 0 Å². The standard InChI is InChI=1S/C10H12Br2/c1-8(11)10(12)7-9-5-3-2-4-6-9/h2-6,8,10H,7H2,1H3. The SMILES string of the molecule is CC(Br)C(Br)Cc1ccccc1. The Morgan fingerprint density at radius 3 is 2.25 bits per heavy atom. The molecule has 0 saturated heterocycles. The first-order valence-corrected chi connectivity index (χ1v) is 5.85. The van der Waals surface area contributed by atoms with Gasteiger partial charge in [0.1, 0.15) is 0 Å². The molecule has 66 valence electrons. The van der Waals surface area contributed by atoms with Gasteiger partial charge in [0.25, 0.3) is 0 Å². The number of rotatable bonds is 3. The molecule has 0 heterocycles. The number of benzene rings is 1. The van der Waals surface area contributed by atoms with Gasteiger partial charge in [-0.2, -0.15) is 0 Å². The van der Waals surface area contributed by atoms with E-state index in [4.69, 9.17) is 0 Å². The molecule has 0 saturated carbocycles. The Labute approximate surface area is 90.6 Å². The molecule has 1 rings (SSSR count). The molecule has 0 radical (unpaired) electrons. The highest BCUT2D eigenvalue weighted by Gasteiger charge is 2.10. The highest BCUT2D eigenvalue weighted by molar-refractivity contribution is 9.12. The van der Waals surface area contributed by atoms with E-state index in [1.807, 2.05) is 6.07 Å². The second kappa shape index (κ2) is 5.03. The average molecular weight is 292 g/mol. The molecule has 2 unspecified atom stereocenters. The Morgan fingerprint density at radius 2 is 1.75 bits per heavy atom. The van der Waals surface area contributed by atoms with Gasteiger partial charge in [-0.25, -0.2) is 0 Å². The second-order valence-electron chi connectivity index (χ2n) is 2.88. The van der Waals surface area contributed by atoms with E-state index in [1.165, 1.54) is 5.56 Å². The summed E-state index contributed by atoms with van der Waals surface area (Å²) in [5.74, 6) is 0. The summed E-state index contributed by atoms with van der Waals surface area (Å²) in [5, 5.41) is 0. The molecule has 1 aromatic carbocycles. The van der Waals surface area contributed by atoms with Gasteiger partial charge in [0.15, 0.2) is 0 Å². The van der Waals surface area contributed by atoms with Crippen LogP contribution in [0.2, 0.25) is 0 Å².